The normalized spacial score (nSPS) is 14.1. The van der Waals surface area contributed by atoms with Crippen LogP contribution in [0.15, 0.2) is 24.3 Å². The fourth-order valence-corrected chi connectivity index (χ4v) is 4.13. The first-order valence-electron chi connectivity index (χ1n) is 9.94. The Labute approximate surface area is 157 Å². The molecular formula is C24H30O2. The van der Waals surface area contributed by atoms with Crippen LogP contribution in [0.25, 0.3) is 0 Å². The molecule has 0 spiro atoms. The quantitative estimate of drug-likeness (QED) is 0.497. The molecule has 0 unspecified atom stereocenters. The Morgan fingerprint density at radius 1 is 0.654 bits per heavy atom. The van der Waals surface area contributed by atoms with Crippen LogP contribution in [0.4, 0.5) is 0 Å². The standard InChI is InChI=1S/C20H18O2.2C2H6/c1-11-13-7-3-4-8-14(13)12(2)18-17(11)19(21)15-9-5-6-10-16(15)20(18)22;2*1-2/h5-6,9-10H,3-4,7-8H2,1-2H3;2*1-2H3. The molecule has 0 atom stereocenters. The monoisotopic (exact) mass is 350 g/mol. The highest BCUT2D eigenvalue weighted by Gasteiger charge is 2.34. The van der Waals surface area contributed by atoms with E-state index in [4.69, 9.17) is 0 Å². The van der Waals surface area contributed by atoms with E-state index in [9.17, 15) is 9.59 Å². The Morgan fingerprint density at radius 2 is 1.00 bits per heavy atom. The minimum Gasteiger partial charge on any atom is -0.289 e. The largest absolute Gasteiger partial charge is 0.289 e. The maximum Gasteiger partial charge on any atom is 0.194 e. The Hall–Kier alpha value is -2.22. The van der Waals surface area contributed by atoms with Crippen molar-refractivity contribution < 1.29 is 9.59 Å². The molecule has 2 nitrogen and oxygen atoms in total. The van der Waals surface area contributed by atoms with Crippen molar-refractivity contribution in [1.29, 1.82) is 0 Å². The molecule has 0 bridgehead atoms. The van der Waals surface area contributed by atoms with Gasteiger partial charge < -0.3 is 0 Å². The number of carbonyl (C=O) groups excluding carboxylic acids is 2. The zero-order valence-corrected chi connectivity index (χ0v) is 17.0. The molecule has 0 aliphatic heterocycles. The molecule has 0 heterocycles. The zero-order valence-electron chi connectivity index (χ0n) is 17.0. The van der Waals surface area contributed by atoms with Crippen molar-refractivity contribution in [2.24, 2.45) is 0 Å². The van der Waals surface area contributed by atoms with Gasteiger partial charge in [0.2, 0.25) is 0 Å². The SMILES string of the molecule is CC.CC.Cc1c2c(c(C)c3c1C(=O)c1ccccc1C3=O)CCCC2. The summed E-state index contributed by atoms with van der Waals surface area (Å²) in [5.41, 5.74) is 7.09. The van der Waals surface area contributed by atoms with E-state index in [1.807, 2.05) is 53.7 Å². The van der Waals surface area contributed by atoms with Crippen molar-refractivity contribution in [3.8, 4) is 0 Å². The highest BCUT2D eigenvalue weighted by atomic mass is 16.1. The van der Waals surface area contributed by atoms with Crippen LogP contribution in [0.5, 0.6) is 0 Å². The molecule has 0 fully saturated rings. The average Bonchev–Trinajstić information content (AvgIpc) is 2.72. The van der Waals surface area contributed by atoms with Crippen LogP contribution in [-0.2, 0) is 12.8 Å². The summed E-state index contributed by atoms with van der Waals surface area (Å²) >= 11 is 0. The lowest BCUT2D eigenvalue weighted by molar-refractivity contribution is 0.0977. The van der Waals surface area contributed by atoms with Crippen LogP contribution < -0.4 is 0 Å². The van der Waals surface area contributed by atoms with E-state index in [0.29, 0.717) is 22.3 Å². The molecule has 2 aliphatic carbocycles. The molecule has 26 heavy (non-hydrogen) atoms. The van der Waals surface area contributed by atoms with Crippen LogP contribution in [-0.4, -0.2) is 11.6 Å². The van der Waals surface area contributed by atoms with Gasteiger partial charge in [-0.15, -0.1) is 0 Å². The number of ketones is 2. The first-order valence-corrected chi connectivity index (χ1v) is 9.94. The Balaban J connectivity index is 0.000000570. The molecule has 2 aromatic carbocycles. The molecular weight excluding hydrogens is 320 g/mol. The molecule has 0 N–H and O–H groups in total. The van der Waals surface area contributed by atoms with Crippen molar-refractivity contribution in [3.05, 3.63) is 68.8 Å². The van der Waals surface area contributed by atoms with Gasteiger partial charge in [-0.25, -0.2) is 0 Å². The predicted molar refractivity (Wildman–Crippen MR) is 109 cm³/mol. The van der Waals surface area contributed by atoms with E-state index < -0.39 is 0 Å². The van der Waals surface area contributed by atoms with Gasteiger partial charge in [-0.2, -0.15) is 0 Å². The predicted octanol–water partition coefficient (Wildman–Crippen LogP) is 6.01. The smallest absolute Gasteiger partial charge is 0.194 e. The molecule has 0 saturated carbocycles. The van der Waals surface area contributed by atoms with E-state index in [-0.39, 0.29) is 11.6 Å². The topological polar surface area (TPSA) is 34.1 Å². The van der Waals surface area contributed by atoms with Crippen molar-refractivity contribution in [3.63, 3.8) is 0 Å². The summed E-state index contributed by atoms with van der Waals surface area (Å²) in [6.07, 6.45) is 4.40. The number of hydrogen-bond donors (Lipinski definition) is 0. The number of rotatable bonds is 0. The van der Waals surface area contributed by atoms with E-state index in [1.54, 1.807) is 12.1 Å². The third-order valence-corrected chi connectivity index (χ3v) is 5.24. The van der Waals surface area contributed by atoms with Crippen LogP contribution in [0.2, 0.25) is 0 Å². The number of carbonyl (C=O) groups is 2. The Morgan fingerprint density at radius 3 is 1.35 bits per heavy atom. The maximum absolute atomic E-state index is 13.0. The molecule has 0 aromatic heterocycles. The number of hydrogen-bond acceptors (Lipinski definition) is 2. The van der Waals surface area contributed by atoms with Crippen LogP contribution in [0.1, 0.15) is 94.6 Å². The Bertz CT molecular complexity index is 774. The first-order chi connectivity index (χ1) is 12.6. The van der Waals surface area contributed by atoms with Crippen LogP contribution in [0.3, 0.4) is 0 Å². The minimum atomic E-state index is 0.0131. The molecule has 0 amide bonds. The van der Waals surface area contributed by atoms with Crippen molar-refractivity contribution in [2.75, 3.05) is 0 Å². The van der Waals surface area contributed by atoms with Crippen molar-refractivity contribution in [2.45, 2.75) is 67.2 Å². The van der Waals surface area contributed by atoms with Gasteiger partial charge in [-0.3, -0.25) is 9.59 Å². The Kier molecular flexibility index (Phi) is 6.52. The fraction of sp³-hybridized carbons (Fsp3) is 0.417. The molecule has 2 aliphatic rings. The summed E-state index contributed by atoms with van der Waals surface area (Å²) in [5.74, 6) is 0.0262. The van der Waals surface area contributed by atoms with Crippen molar-refractivity contribution in [1.82, 2.24) is 0 Å². The fourth-order valence-electron chi connectivity index (χ4n) is 4.13. The van der Waals surface area contributed by atoms with Crippen LogP contribution in [0, 0.1) is 13.8 Å². The van der Waals surface area contributed by atoms with Gasteiger partial charge in [0.1, 0.15) is 0 Å². The van der Waals surface area contributed by atoms with E-state index in [2.05, 4.69) is 0 Å². The van der Waals surface area contributed by atoms with E-state index >= 15 is 0 Å². The third kappa shape index (κ3) is 3.02. The van der Waals surface area contributed by atoms with E-state index in [1.165, 1.54) is 24.0 Å². The highest BCUT2D eigenvalue weighted by molar-refractivity contribution is 6.29. The second-order valence-electron chi connectivity index (χ2n) is 6.37. The molecule has 2 heteroatoms. The lowest BCUT2D eigenvalue weighted by Gasteiger charge is -2.28. The summed E-state index contributed by atoms with van der Waals surface area (Å²) in [4.78, 5) is 25.9. The number of fused-ring (bicyclic) bond motifs is 3. The molecule has 138 valence electrons. The maximum atomic E-state index is 13.0. The second kappa shape index (κ2) is 8.44. The third-order valence-electron chi connectivity index (χ3n) is 5.24. The lowest BCUT2D eigenvalue weighted by Crippen LogP contribution is -2.26. The van der Waals surface area contributed by atoms with Gasteiger partial charge in [-0.05, 0) is 61.8 Å². The van der Waals surface area contributed by atoms with Gasteiger partial charge >= 0.3 is 0 Å². The molecule has 0 radical (unpaired) electrons. The summed E-state index contributed by atoms with van der Waals surface area (Å²) in [6.45, 7) is 12.0. The molecule has 0 saturated heterocycles. The summed E-state index contributed by atoms with van der Waals surface area (Å²) in [7, 11) is 0. The summed E-state index contributed by atoms with van der Waals surface area (Å²) < 4.78 is 0. The second-order valence-corrected chi connectivity index (χ2v) is 6.37. The highest BCUT2D eigenvalue weighted by Crippen LogP contribution is 2.38. The zero-order chi connectivity index (χ0) is 19.4. The van der Waals surface area contributed by atoms with Gasteiger partial charge in [0.25, 0.3) is 0 Å². The van der Waals surface area contributed by atoms with Crippen molar-refractivity contribution >= 4 is 11.6 Å². The number of benzene rings is 2. The summed E-state index contributed by atoms with van der Waals surface area (Å²) in [5, 5.41) is 0. The first kappa shape index (κ1) is 20.1. The van der Waals surface area contributed by atoms with Gasteiger partial charge in [0, 0.05) is 22.3 Å². The average molecular weight is 351 g/mol. The van der Waals surface area contributed by atoms with E-state index in [0.717, 1.165) is 24.0 Å². The molecule has 4 rings (SSSR count). The van der Waals surface area contributed by atoms with Gasteiger partial charge in [0.05, 0.1) is 0 Å². The summed E-state index contributed by atoms with van der Waals surface area (Å²) in [6, 6.07) is 7.20. The van der Waals surface area contributed by atoms with Gasteiger partial charge in [0.15, 0.2) is 11.6 Å². The van der Waals surface area contributed by atoms with Gasteiger partial charge in [-0.1, -0.05) is 52.0 Å². The lowest BCUT2D eigenvalue weighted by atomic mass is 9.74. The minimum absolute atomic E-state index is 0.0131. The molecule has 2 aromatic rings. The van der Waals surface area contributed by atoms with Crippen LogP contribution >= 0.6 is 0 Å².